The Labute approximate surface area is 96.3 Å². The molecule has 0 amide bonds. The van der Waals surface area contributed by atoms with Gasteiger partial charge >= 0.3 is 0 Å². The number of aryl methyl sites for hydroxylation is 1. The van der Waals surface area contributed by atoms with Crippen molar-refractivity contribution in [1.82, 2.24) is 4.90 Å². The van der Waals surface area contributed by atoms with Crippen molar-refractivity contribution in [3.8, 4) is 0 Å². The highest BCUT2D eigenvalue weighted by Crippen LogP contribution is 2.17. The second-order valence-corrected chi connectivity index (χ2v) is 4.86. The van der Waals surface area contributed by atoms with E-state index in [2.05, 4.69) is 36.1 Å². The van der Waals surface area contributed by atoms with Crippen LogP contribution in [0.25, 0.3) is 0 Å². The molecular weight excluding hydrogens is 206 g/mol. The number of benzene rings is 1. The summed E-state index contributed by atoms with van der Waals surface area (Å²) in [7, 11) is 2.03. The summed E-state index contributed by atoms with van der Waals surface area (Å²) in [5.41, 5.74) is 1.30. The van der Waals surface area contributed by atoms with Crippen LogP contribution in [0.15, 0.2) is 29.2 Å². The topological polar surface area (TPSA) is 23.5 Å². The summed E-state index contributed by atoms with van der Waals surface area (Å²) >= 11 is 1.86. The number of aliphatic hydroxyl groups is 1. The molecule has 15 heavy (non-hydrogen) atoms. The lowest BCUT2D eigenvalue weighted by Crippen LogP contribution is -2.24. The van der Waals surface area contributed by atoms with E-state index in [0.717, 1.165) is 18.8 Å². The molecule has 0 aliphatic rings. The van der Waals surface area contributed by atoms with Crippen molar-refractivity contribution >= 4 is 11.8 Å². The number of hydrogen-bond acceptors (Lipinski definition) is 3. The molecule has 0 saturated carbocycles. The van der Waals surface area contributed by atoms with Crippen LogP contribution in [-0.4, -0.2) is 42.5 Å². The maximum absolute atomic E-state index is 8.74. The van der Waals surface area contributed by atoms with Crippen molar-refractivity contribution in [3.63, 3.8) is 0 Å². The Kier molecular flexibility index (Phi) is 5.76. The van der Waals surface area contributed by atoms with Crippen molar-refractivity contribution in [1.29, 1.82) is 0 Å². The predicted molar refractivity (Wildman–Crippen MR) is 66.5 cm³/mol. The van der Waals surface area contributed by atoms with Gasteiger partial charge in [-0.2, -0.15) is 0 Å². The third kappa shape index (κ3) is 5.21. The zero-order valence-electron chi connectivity index (χ0n) is 9.44. The van der Waals surface area contributed by atoms with Gasteiger partial charge in [0.05, 0.1) is 6.61 Å². The van der Waals surface area contributed by atoms with Crippen LogP contribution in [-0.2, 0) is 0 Å². The van der Waals surface area contributed by atoms with Crippen molar-refractivity contribution in [2.45, 2.75) is 11.8 Å². The minimum absolute atomic E-state index is 0.242. The quantitative estimate of drug-likeness (QED) is 0.749. The molecule has 0 heterocycles. The van der Waals surface area contributed by atoms with Crippen LogP contribution in [0.2, 0.25) is 0 Å². The monoisotopic (exact) mass is 225 g/mol. The van der Waals surface area contributed by atoms with E-state index in [9.17, 15) is 0 Å². The number of hydrogen-bond donors (Lipinski definition) is 1. The Hall–Kier alpha value is -0.510. The highest BCUT2D eigenvalue weighted by molar-refractivity contribution is 7.99. The summed E-state index contributed by atoms with van der Waals surface area (Å²) in [6.07, 6.45) is 0. The van der Waals surface area contributed by atoms with Crippen molar-refractivity contribution in [3.05, 3.63) is 29.8 Å². The molecule has 0 aromatic heterocycles. The summed E-state index contributed by atoms with van der Waals surface area (Å²) in [6, 6.07) is 8.59. The first-order chi connectivity index (χ1) is 7.22. The summed E-state index contributed by atoms with van der Waals surface area (Å²) in [4.78, 5) is 3.46. The first kappa shape index (κ1) is 12.6. The SMILES string of the molecule is Cc1ccc(SCCN(C)CCO)cc1. The van der Waals surface area contributed by atoms with Gasteiger partial charge in [-0.15, -0.1) is 11.8 Å². The predicted octanol–water partition coefficient (Wildman–Crippen LogP) is 2.01. The zero-order valence-corrected chi connectivity index (χ0v) is 10.3. The van der Waals surface area contributed by atoms with Gasteiger partial charge in [0.2, 0.25) is 0 Å². The Balaban J connectivity index is 2.22. The Bertz CT molecular complexity index is 273. The molecule has 0 spiro atoms. The lowest BCUT2D eigenvalue weighted by Gasteiger charge is -2.14. The van der Waals surface area contributed by atoms with E-state index in [1.165, 1.54) is 10.5 Å². The molecule has 0 atom stereocenters. The molecule has 3 heteroatoms. The van der Waals surface area contributed by atoms with Crippen LogP contribution in [0.3, 0.4) is 0 Å². The van der Waals surface area contributed by atoms with E-state index in [-0.39, 0.29) is 6.61 Å². The number of aliphatic hydroxyl groups excluding tert-OH is 1. The fourth-order valence-electron chi connectivity index (χ4n) is 1.24. The molecule has 84 valence electrons. The highest BCUT2D eigenvalue weighted by Gasteiger charge is 1.98. The average Bonchev–Trinajstić information content (AvgIpc) is 2.21. The second kappa shape index (κ2) is 6.88. The van der Waals surface area contributed by atoms with Gasteiger partial charge in [0.1, 0.15) is 0 Å². The Morgan fingerprint density at radius 2 is 1.87 bits per heavy atom. The van der Waals surface area contributed by atoms with Crippen molar-refractivity contribution < 1.29 is 5.11 Å². The van der Waals surface area contributed by atoms with Gasteiger partial charge in [-0.3, -0.25) is 0 Å². The molecule has 0 saturated heterocycles. The van der Waals surface area contributed by atoms with Gasteiger partial charge < -0.3 is 10.0 Å². The summed E-state index contributed by atoms with van der Waals surface area (Å²) in [5.74, 6) is 1.07. The van der Waals surface area contributed by atoms with E-state index in [1.807, 2.05) is 18.8 Å². The molecular formula is C12H19NOS. The molecule has 0 fully saturated rings. The summed E-state index contributed by atoms with van der Waals surface area (Å²) in [5, 5.41) is 8.74. The van der Waals surface area contributed by atoms with Crippen LogP contribution in [0.5, 0.6) is 0 Å². The third-order valence-electron chi connectivity index (χ3n) is 2.24. The molecule has 2 nitrogen and oxygen atoms in total. The molecule has 0 radical (unpaired) electrons. The first-order valence-corrected chi connectivity index (χ1v) is 6.20. The number of nitrogens with zero attached hydrogens (tertiary/aromatic N) is 1. The average molecular weight is 225 g/mol. The van der Waals surface area contributed by atoms with Gasteiger partial charge in [-0.1, -0.05) is 17.7 Å². The lowest BCUT2D eigenvalue weighted by molar-refractivity contribution is 0.228. The minimum atomic E-state index is 0.242. The van der Waals surface area contributed by atoms with Gasteiger partial charge in [0, 0.05) is 23.7 Å². The molecule has 1 N–H and O–H groups in total. The summed E-state index contributed by atoms with van der Waals surface area (Å²) in [6.45, 7) is 4.11. The van der Waals surface area contributed by atoms with Crippen LogP contribution in [0, 0.1) is 6.92 Å². The lowest BCUT2D eigenvalue weighted by atomic mass is 10.2. The van der Waals surface area contributed by atoms with Gasteiger partial charge in [0.25, 0.3) is 0 Å². The van der Waals surface area contributed by atoms with Gasteiger partial charge in [-0.25, -0.2) is 0 Å². The van der Waals surface area contributed by atoms with E-state index in [1.54, 1.807) is 0 Å². The van der Waals surface area contributed by atoms with Crippen LogP contribution in [0.4, 0.5) is 0 Å². The smallest absolute Gasteiger partial charge is 0.0558 e. The molecule has 1 aromatic carbocycles. The second-order valence-electron chi connectivity index (χ2n) is 3.69. The molecule has 0 aliphatic heterocycles. The number of rotatable bonds is 6. The maximum Gasteiger partial charge on any atom is 0.0558 e. The van der Waals surface area contributed by atoms with Crippen LogP contribution < -0.4 is 0 Å². The van der Waals surface area contributed by atoms with Gasteiger partial charge in [0.15, 0.2) is 0 Å². The number of likely N-dealkylation sites (N-methyl/N-ethyl adjacent to an activating group) is 1. The molecule has 0 aliphatic carbocycles. The van der Waals surface area contributed by atoms with Crippen molar-refractivity contribution in [2.75, 3.05) is 32.5 Å². The Morgan fingerprint density at radius 3 is 2.47 bits per heavy atom. The molecule has 0 bridgehead atoms. The fourth-order valence-corrected chi connectivity index (χ4v) is 2.20. The standard InChI is InChI=1S/C12H19NOS/c1-11-3-5-12(6-4-11)15-10-8-13(2)7-9-14/h3-6,14H,7-10H2,1-2H3. The van der Waals surface area contributed by atoms with E-state index < -0.39 is 0 Å². The third-order valence-corrected chi connectivity index (χ3v) is 3.24. The zero-order chi connectivity index (χ0) is 11.1. The molecule has 1 aromatic rings. The van der Waals surface area contributed by atoms with E-state index in [0.29, 0.717) is 0 Å². The normalized spacial score (nSPS) is 10.9. The largest absolute Gasteiger partial charge is 0.395 e. The summed E-state index contributed by atoms with van der Waals surface area (Å²) < 4.78 is 0. The van der Waals surface area contributed by atoms with E-state index in [4.69, 9.17) is 5.11 Å². The Morgan fingerprint density at radius 1 is 1.20 bits per heavy atom. The van der Waals surface area contributed by atoms with Gasteiger partial charge in [-0.05, 0) is 26.1 Å². The first-order valence-electron chi connectivity index (χ1n) is 5.21. The van der Waals surface area contributed by atoms with Crippen molar-refractivity contribution in [2.24, 2.45) is 0 Å². The molecule has 1 rings (SSSR count). The minimum Gasteiger partial charge on any atom is -0.395 e. The fraction of sp³-hybridized carbons (Fsp3) is 0.500. The van der Waals surface area contributed by atoms with E-state index >= 15 is 0 Å². The number of thioether (sulfide) groups is 1. The maximum atomic E-state index is 8.74. The molecule has 0 unspecified atom stereocenters. The van der Waals surface area contributed by atoms with Crippen LogP contribution in [0.1, 0.15) is 5.56 Å². The highest BCUT2D eigenvalue weighted by atomic mass is 32.2. The van der Waals surface area contributed by atoms with Crippen LogP contribution >= 0.6 is 11.8 Å².